The van der Waals surface area contributed by atoms with Crippen molar-refractivity contribution < 1.29 is 20.1 Å². The maximum atomic E-state index is 11.5. The third-order valence-corrected chi connectivity index (χ3v) is 4.06. The van der Waals surface area contributed by atoms with Gasteiger partial charge in [0.2, 0.25) is 5.79 Å². The maximum Gasteiger partial charge on any atom is 0.310 e. The summed E-state index contributed by atoms with van der Waals surface area (Å²) in [6, 6.07) is 7.68. The molecule has 1 atom stereocenters. The average molecular weight is 284 g/mol. The molecule has 108 valence electrons. The number of rotatable bonds is 3. The predicted octanol–water partition coefficient (Wildman–Crippen LogP) is 0.290. The lowest BCUT2D eigenvalue weighted by atomic mass is 9.80. The van der Waals surface area contributed by atoms with Crippen LogP contribution in [0.1, 0.15) is 13.3 Å². The zero-order valence-corrected chi connectivity index (χ0v) is 11.6. The molecule has 0 amide bonds. The molecule has 1 unspecified atom stereocenters. The van der Waals surface area contributed by atoms with E-state index < -0.39 is 17.7 Å². The minimum absolute atomic E-state index is 0.145. The number of aliphatic hydroxyl groups is 2. The lowest BCUT2D eigenvalue weighted by Gasteiger charge is -2.31. The van der Waals surface area contributed by atoms with E-state index in [0.29, 0.717) is 12.0 Å². The van der Waals surface area contributed by atoms with Crippen LogP contribution < -0.4 is 10.4 Å². The molecule has 4 nitrogen and oxygen atoms in total. The molecule has 0 fully saturated rings. The van der Waals surface area contributed by atoms with Crippen molar-refractivity contribution in [1.82, 2.24) is 0 Å². The second-order valence-corrected chi connectivity index (χ2v) is 5.33. The lowest BCUT2D eigenvalue weighted by molar-refractivity contribution is -0.145. The van der Waals surface area contributed by atoms with E-state index in [4.69, 9.17) is 0 Å². The second kappa shape index (κ2) is 4.69. The number of carboxylic acid groups (broad SMARTS) is 1. The van der Waals surface area contributed by atoms with E-state index in [1.165, 1.54) is 6.08 Å². The van der Waals surface area contributed by atoms with E-state index in [-0.39, 0.29) is 5.57 Å². The van der Waals surface area contributed by atoms with Crippen LogP contribution >= 0.6 is 0 Å². The lowest BCUT2D eigenvalue weighted by Crippen LogP contribution is -2.37. The number of fused-ring (bicyclic) bond motifs is 2. The fourth-order valence-corrected chi connectivity index (χ4v) is 3.08. The highest BCUT2D eigenvalue weighted by Crippen LogP contribution is 2.38. The topological polar surface area (TPSA) is 77.8 Å². The molecule has 3 N–H and O–H groups in total. The molecule has 21 heavy (non-hydrogen) atoms. The first-order chi connectivity index (χ1) is 9.95. The first-order valence-electron chi connectivity index (χ1n) is 6.88. The van der Waals surface area contributed by atoms with Gasteiger partial charge in [-0.05, 0) is 40.2 Å². The van der Waals surface area contributed by atoms with Crippen LogP contribution in [-0.2, 0) is 4.79 Å². The van der Waals surface area contributed by atoms with Gasteiger partial charge in [0.1, 0.15) is 0 Å². The summed E-state index contributed by atoms with van der Waals surface area (Å²) in [4.78, 5) is 11.5. The SMILES string of the molecule is CCC(C(=O)O)C1=C2C=c3ccccc3=C2C=CC1(O)O. The quantitative estimate of drug-likeness (QED) is 0.697. The molecule has 0 spiro atoms. The van der Waals surface area contributed by atoms with Crippen molar-refractivity contribution in [3.05, 3.63) is 58.0 Å². The van der Waals surface area contributed by atoms with E-state index in [0.717, 1.165) is 16.0 Å². The molecular weight excluding hydrogens is 268 g/mol. The van der Waals surface area contributed by atoms with E-state index in [9.17, 15) is 20.1 Å². The fourth-order valence-electron chi connectivity index (χ4n) is 3.08. The standard InChI is InChI=1S/C17H16O4/c1-2-11(16(18)19)15-14-9-10-5-3-4-6-12(10)13(14)7-8-17(15,20)21/h3-9,11,20-21H,2H2,1H3,(H,18,19). The number of carboxylic acids is 1. The van der Waals surface area contributed by atoms with Crippen LogP contribution in [0.4, 0.5) is 0 Å². The Labute approximate surface area is 121 Å². The number of hydrogen-bond donors (Lipinski definition) is 3. The highest BCUT2D eigenvalue weighted by molar-refractivity contribution is 5.92. The summed E-state index contributed by atoms with van der Waals surface area (Å²) in [5, 5.41) is 31.8. The smallest absolute Gasteiger partial charge is 0.310 e. The van der Waals surface area contributed by atoms with Gasteiger partial charge in [0, 0.05) is 5.57 Å². The van der Waals surface area contributed by atoms with Crippen LogP contribution in [-0.4, -0.2) is 27.1 Å². The number of hydrogen-bond acceptors (Lipinski definition) is 3. The Morgan fingerprint density at radius 1 is 1.24 bits per heavy atom. The molecule has 0 aromatic heterocycles. The van der Waals surface area contributed by atoms with Crippen LogP contribution in [0.2, 0.25) is 0 Å². The fraction of sp³-hybridized carbons (Fsp3) is 0.235. The summed E-state index contributed by atoms with van der Waals surface area (Å²) in [5.41, 5.74) is 1.60. The van der Waals surface area contributed by atoms with Crippen molar-refractivity contribution in [1.29, 1.82) is 0 Å². The summed E-state index contributed by atoms with van der Waals surface area (Å²) in [6.07, 6.45) is 5.02. The molecule has 0 saturated carbocycles. The van der Waals surface area contributed by atoms with Crippen LogP contribution in [0.25, 0.3) is 11.6 Å². The molecule has 0 bridgehead atoms. The number of benzene rings is 1. The van der Waals surface area contributed by atoms with Gasteiger partial charge in [-0.1, -0.05) is 37.3 Å². The van der Waals surface area contributed by atoms with Gasteiger partial charge in [-0.3, -0.25) is 4.79 Å². The summed E-state index contributed by atoms with van der Waals surface area (Å²) < 4.78 is 0. The summed E-state index contributed by atoms with van der Waals surface area (Å²) in [5.74, 6) is -4.21. The minimum Gasteiger partial charge on any atom is -0.481 e. The summed E-state index contributed by atoms with van der Waals surface area (Å²) in [6.45, 7) is 1.72. The van der Waals surface area contributed by atoms with E-state index in [1.54, 1.807) is 13.0 Å². The van der Waals surface area contributed by atoms with E-state index in [1.807, 2.05) is 30.3 Å². The Balaban J connectivity index is 2.34. The molecule has 0 radical (unpaired) electrons. The zero-order valence-electron chi connectivity index (χ0n) is 11.6. The summed E-state index contributed by atoms with van der Waals surface area (Å²) in [7, 11) is 0. The third kappa shape index (κ3) is 2.04. The van der Waals surface area contributed by atoms with Gasteiger partial charge in [0.25, 0.3) is 0 Å². The van der Waals surface area contributed by atoms with E-state index in [2.05, 4.69) is 0 Å². The highest BCUT2D eigenvalue weighted by Gasteiger charge is 2.40. The van der Waals surface area contributed by atoms with Gasteiger partial charge in [0.05, 0.1) is 5.92 Å². The molecule has 4 heteroatoms. The third-order valence-electron chi connectivity index (χ3n) is 4.06. The van der Waals surface area contributed by atoms with Crippen molar-refractivity contribution >= 4 is 17.6 Å². The van der Waals surface area contributed by atoms with Gasteiger partial charge in [-0.15, -0.1) is 0 Å². The molecular formula is C17H16O4. The van der Waals surface area contributed by atoms with Gasteiger partial charge >= 0.3 is 5.97 Å². The van der Waals surface area contributed by atoms with Gasteiger partial charge in [-0.2, -0.15) is 0 Å². The van der Waals surface area contributed by atoms with Crippen LogP contribution in [0, 0.1) is 5.92 Å². The number of aliphatic carboxylic acids is 1. The number of allylic oxidation sites excluding steroid dienone is 2. The van der Waals surface area contributed by atoms with Crippen LogP contribution in [0.5, 0.6) is 0 Å². The van der Waals surface area contributed by atoms with Crippen LogP contribution in [0.3, 0.4) is 0 Å². The van der Waals surface area contributed by atoms with Gasteiger partial charge in [-0.25, -0.2) is 0 Å². The summed E-state index contributed by atoms with van der Waals surface area (Å²) >= 11 is 0. The zero-order chi connectivity index (χ0) is 15.2. The Morgan fingerprint density at radius 3 is 2.62 bits per heavy atom. The Morgan fingerprint density at radius 2 is 1.95 bits per heavy atom. The van der Waals surface area contributed by atoms with Crippen molar-refractivity contribution in [2.24, 2.45) is 5.92 Å². The Kier molecular flexibility index (Phi) is 3.08. The maximum absolute atomic E-state index is 11.5. The Hall–Kier alpha value is -2.17. The molecule has 1 aromatic carbocycles. The van der Waals surface area contributed by atoms with Crippen LogP contribution in [0.15, 0.2) is 47.6 Å². The molecule has 2 aliphatic carbocycles. The molecule has 1 aromatic rings. The normalized spacial score (nSPS) is 19.9. The van der Waals surface area contributed by atoms with E-state index >= 15 is 0 Å². The van der Waals surface area contributed by atoms with Crippen molar-refractivity contribution in [3.63, 3.8) is 0 Å². The van der Waals surface area contributed by atoms with Gasteiger partial charge < -0.3 is 15.3 Å². The molecule has 0 aliphatic heterocycles. The predicted molar refractivity (Wildman–Crippen MR) is 78.3 cm³/mol. The first kappa shape index (κ1) is 13.8. The molecule has 2 aliphatic rings. The van der Waals surface area contributed by atoms with Crippen molar-refractivity contribution in [2.75, 3.05) is 0 Å². The largest absolute Gasteiger partial charge is 0.481 e. The monoisotopic (exact) mass is 284 g/mol. The molecule has 3 rings (SSSR count). The van der Waals surface area contributed by atoms with Crippen molar-refractivity contribution in [3.8, 4) is 0 Å². The first-order valence-corrected chi connectivity index (χ1v) is 6.88. The molecule has 0 heterocycles. The highest BCUT2D eigenvalue weighted by atomic mass is 16.5. The molecule has 0 saturated heterocycles. The van der Waals surface area contributed by atoms with Gasteiger partial charge in [0.15, 0.2) is 0 Å². The Bertz CT molecular complexity index is 796. The number of carbonyl (C=O) groups is 1. The van der Waals surface area contributed by atoms with Crippen molar-refractivity contribution in [2.45, 2.75) is 19.1 Å². The minimum atomic E-state index is -2.23. The second-order valence-electron chi connectivity index (χ2n) is 5.33. The average Bonchev–Trinajstić information content (AvgIpc) is 2.79.